The van der Waals surface area contributed by atoms with Crippen LogP contribution in [0.15, 0.2) is 10.5 Å². The van der Waals surface area contributed by atoms with Gasteiger partial charge >= 0.3 is 0 Å². The maximum absolute atomic E-state index is 13.2. The number of nitrogens with two attached hydrogens (primary N) is 1. The summed E-state index contributed by atoms with van der Waals surface area (Å²) in [5.74, 6) is -1.07. The molecule has 1 fully saturated rings. The largest absolute Gasteiger partial charge is 0.502 e. The van der Waals surface area contributed by atoms with E-state index in [1.165, 1.54) is 13.2 Å². The fourth-order valence-corrected chi connectivity index (χ4v) is 2.41. The van der Waals surface area contributed by atoms with Crippen LogP contribution < -0.4 is 10.5 Å². The topological polar surface area (TPSA) is 55.5 Å². The Kier molecular flexibility index (Phi) is 2.39. The molecule has 1 aliphatic rings. The number of rotatable bonds is 2. The lowest BCUT2D eigenvalue weighted by Gasteiger charge is -2.17. The molecule has 1 aromatic carbocycles. The third-order valence-corrected chi connectivity index (χ3v) is 3.28. The lowest BCUT2D eigenvalue weighted by Crippen LogP contribution is -2.20. The minimum absolute atomic E-state index is 0.127. The Hall–Kier alpha value is -0.810. The Bertz CT molecular complexity index is 418. The molecule has 15 heavy (non-hydrogen) atoms. The normalized spacial score (nSPS) is 17.6. The minimum atomic E-state index is -0.716. The van der Waals surface area contributed by atoms with Gasteiger partial charge in [-0.1, -0.05) is 15.9 Å². The standard InChI is InChI=1S/C10H11BrFNO2/c1-15-9-7(10(13)2-3-10)5(11)4-6(12)8(9)14/h4,14H,2-3,13H2,1H3. The van der Waals surface area contributed by atoms with E-state index in [4.69, 9.17) is 10.5 Å². The Labute approximate surface area is 95.2 Å². The van der Waals surface area contributed by atoms with Crippen LogP contribution in [-0.4, -0.2) is 12.2 Å². The van der Waals surface area contributed by atoms with Crippen molar-refractivity contribution in [3.05, 3.63) is 21.9 Å². The average Bonchev–Trinajstić information content (AvgIpc) is 2.90. The molecule has 3 nitrogen and oxygen atoms in total. The zero-order chi connectivity index (χ0) is 11.2. The number of benzene rings is 1. The third kappa shape index (κ3) is 1.59. The highest BCUT2D eigenvalue weighted by atomic mass is 79.9. The highest BCUT2D eigenvalue weighted by Gasteiger charge is 2.44. The van der Waals surface area contributed by atoms with Crippen molar-refractivity contribution in [3.8, 4) is 11.5 Å². The highest BCUT2D eigenvalue weighted by molar-refractivity contribution is 9.10. The number of halogens is 2. The molecule has 5 heteroatoms. The van der Waals surface area contributed by atoms with Gasteiger partial charge in [-0.25, -0.2) is 4.39 Å². The molecule has 2 rings (SSSR count). The monoisotopic (exact) mass is 275 g/mol. The van der Waals surface area contributed by atoms with Gasteiger partial charge in [0, 0.05) is 15.6 Å². The molecule has 0 radical (unpaired) electrons. The van der Waals surface area contributed by atoms with Crippen molar-refractivity contribution < 1.29 is 14.2 Å². The minimum Gasteiger partial charge on any atom is -0.502 e. The van der Waals surface area contributed by atoms with Crippen LogP contribution in [0.25, 0.3) is 0 Å². The molecule has 0 bridgehead atoms. The van der Waals surface area contributed by atoms with Crippen molar-refractivity contribution >= 4 is 15.9 Å². The maximum Gasteiger partial charge on any atom is 0.194 e. The molecule has 0 aliphatic heterocycles. The number of phenols is 1. The molecular formula is C10H11BrFNO2. The van der Waals surface area contributed by atoms with Crippen LogP contribution >= 0.6 is 15.9 Å². The Morgan fingerprint density at radius 1 is 1.60 bits per heavy atom. The molecule has 0 heterocycles. The molecule has 1 aromatic rings. The summed E-state index contributed by atoms with van der Waals surface area (Å²) in [7, 11) is 1.39. The Morgan fingerprint density at radius 3 is 2.67 bits per heavy atom. The Morgan fingerprint density at radius 2 is 2.20 bits per heavy atom. The quantitative estimate of drug-likeness (QED) is 0.871. The predicted octanol–water partition coefficient (Wildman–Crippen LogP) is 2.25. The van der Waals surface area contributed by atoms with E-state index in [1.54, 1.807) is 0 Å². The average molecular weight is 276 g/mol. The fourth-order valence-electron chi connectivity index (χ4n) is 1.63. The van der Waals surface area contributed by atoms with Crippen LogP contribution in [0.1, 0.15) is 18.4 Å². The SMILES string of the molecule is COc1c(O)c(F)cc(Br)c1C1(N)CC1. The molecule has 3 N–H and O–H groups in total. The van der Waals surface area contributed by atoms with E-state index < -0.39 is 17.1 Å². The summed E-state index contributed by atoms with van der Waals surface area (Å²) >= 11 is 3.24. The van der Waals surface area contributed by atoms with Gasteiger partial charge < -0.3 is 15.6 Å². The maximum atomic E-state index is 13.2. The van der Waals surface area contributed by atoms with E-state index >= 15 is 0 Å². The summed E-state index contributed by atoms with van der Waals surface area (Å²) in [4.78, 5) is 0. The first-order valence-electron chi connectivity index (χ1n) is 4.54. The number of ether oxygens (including phenoxy) is 1. The first kappa shape index (κ1) is 10.7. The molecule has 0 atom stereocenters. The van der Waals surface area contributed by atoms with Crippen molar-refractivity contribution in [2.45, 2.75) is 18.4 Å². The summed E-state index contributed by atoms with van der Waals surface area (Å²) in [5, 5.41) is 9.52. The van der Waals surface area contributed by atoms with E-state index in [-0.39, 0.29) is 5.75 Å². The fraction of sp³-hybridized carbons (Fsp3) is 0.400. The predicted molar refractivity (Wildman–Crippen MR) is 57.4 cm³/mol. The first-order valence-corrected chi connectivity index (χ1v) is 5.33. The summed E-state index contributed by atoms with van der Waals surface area (Å²) in [6.07, 6.45) is 1.63. The zero-order valence-corrected chi connectivity index (χ0v) is 9.77. The van der Waals surface area contributed by atoms with E-state index in [0.29, 0.717) is 10.0 Å². The van der Waals surface area contributed by atoms with Crippen LogP contribution in [0.4, 0.5) is 4.39 Å². The van der Waals surface area contributed by atoms with E-state index in [2.05, 4.69) is 15.9 Å². The smallest absolute Gasteiger partial charge is 0.194 e. The second-order valence-electron chi connectivity index (χ2n) is 3.75. The molecular weight excluding hydrogens is 265 g/mol. The van der Waals surface area contributed by atoms with Crippen LogP contribution in [-0.2, 0) is 5.54 Å². The van der Waals surface area contributed by atoms with Gasteiger partial charge in [-0.05, 0) is 18.9 Å². The van der Waals surface area contributed by atoms with Crippen LogP contribution in [0.3, 0.4) is 0 Å². The van der Waals surface area contributed by atoms with Crippen LogP contribution in [0, 0.1) is 5.82 Å². The van der Waals surface area contributed by atoms with Crippen molar-refractivity contribution in [3.63, 3.8) is 0 Å². The summed E-state index contributed by atoms with van der Waals surface area (Å²) in [6, 6.07) is 1.21. The molecule has 1 aliphatic carbocycles. The lowest BCUT2D eigenvalue weighted by molar-refractivity contribution is 0.349. The molecule has 1 saturated carbocycles. The van der Waals surface area contributed by atoms with Gasteiger partial charge in [0.05, 0.1) is 7.11 Å². The molecule has 0 spiro atoms. The number of methoxy groups -OCH3 is 1. The van der Waals surface area contributed by atoms with E-state index in [0.717, 1.165) is 12.8 Å². The van der Waals surface area contributed by atoms with E-state index in [1.807, 2.05) is 0 Å². The van der Waals surface area contributed by atoms with Gasteiger partial charge in [-0.2, -0.15) is 0 Å². The van der Waals surface area contributed by atoms with Gasteiger partial charge in [-0.3, -0.25) is 0 Å². The van der Waals surface area contributed by atoms with Gasteiger partial charge in [-0.15, -0.1) is 0 Å². The summed E-state index contributed by atoms with van der Waals surface area (Å²) in [5.41, 5.74) is 6.17. The molecule has 82 valence electrons. The van der Waals surface area contributed by atoms with Crippen LogP contribution in [0.5, 0.6) is 11.5 Å². The molecule has 0 unspecified atom stereocenters. The highest BCUT2D eigenvalue weighted by Crippen LogP contribution is 2.52. The third-order valence-electron chi connectivity index (χ3n) is 2.65. The number of aromatic hydroxyl groups is 1. The number of hydrogen-bond donors (Lipinski definition) is 2. The summed E-state index contributed by atoms with van der Waals surface area (Å²) in [6.45, 7) is 0. The summed E-state index contributed by atoms with van der Waals surface area (Å²) < 4.78 is 18.8. The van der Waals surface area contributed by atoms with Crippen molar-refractivity contribution in [1.82, 2.24) is 0 Å². The second-order valence-corrected chi connectivity index (χ2v) is 4.61. The molecule has 0 amide bonds. The lowest BCUT2D eigenvalue weighted by atomic mass is 10.0. The van der Waals surface area contributed by atoms with Crippen molar-refractivity contribution in [2.24, 2.45) is 5.73 Å². The number of phenolic OH excluding ortho intramolecular Hbond substituents is 1. The first-order chi connectivity index (χ1) is 6.99. The van der Waals surface area contributed by atoms with E-state index in [9.17, 15) is 9.50 Å². The molecule has 0 saturated heterocycles. The Balaban J connectivity index is 2.66. The molecule has 0 aromatic heterocycles. The van der Waals surface area contributed by atoms with Crippen molar-refractivity contribution in [2.75, 3.05) is 7.11 Å². The zero-order valence-electron chi connectivity index (χ0n) is 8.18. The van der Waals surface area contributed by atoms with Gasteiger partial charge in [0.15, 0.2) is 17.3 Å². The van der Waals surface area contributed by atoms with Crippen molar-refractivity contribution in [1.29, 1.82) is 0 Å². The van der Waals surface area contributed by atoms with Gasteiger partial charge in [0.25, 0.3) is 0 Å². The van der Waals surface area contributed by atoms with Gasteiger partial charge in [0.1, 0.15) is 0 Å². The van der Waals surface area contributed by atoms with Gasteiger partial charge in [0.2, 0.25) is 0 Å². The van der Waals surface area contributed by atoms with Crippen LogP contribution in [0.2, 0.25) is 0 Å². The second kappa shape index (κ2) is 3.35. The number of hydrogen-bond acceptors (Lipinski definition) is 3.